The lowest BCUT2D eigenvalue weighted by molar-refractivity contribution is -0.146. The molecule has 0 aromatic carbocycles. The van der Waals surface area contributed by atoms with E-state index in [1.165, 1.54) is 6.92 Å². The third kappa shape index (κ3) is 3.02. The van der Waals surface area contributed by atoms with Gasteiger partial charge >= 0.3 is 5.97 Å². The first kappa shape index (κ1) is 13.1. The molecule has 0 radical (unpaired) electrons. The van der Waals surface area contributed by atoms with Crippen LogP contribution in [-0.4, -0.2) is 58.9 Å². The lowest BCUT2D eigenvalue weighted by atomic mass is 10.1. The van der Waals surface area contributed by atoms with Crippen molar-refractivity contribution in [3.05, 3.63) is 12.2 Å². The molecule has 1 aliphatic rings. The summed E-state index contributed by atoms with van der Waals surface area (Å²) in [4.78, 5) is 11.0. The molecule has 0 amide bonds. The van der Waals surface area contributed by atoms with Crippen molar-refractivity contribution < 1.29 is 29.6 Å². The second kappa shape index (κ2) is 5.40. The first-order valence-electron chi connectivity index (χ1n) is 4.92. The van der Waals surface area contributed by atoms with Crippen LogP contribution in [0, 0.1) is 0 Å². The average Bonchev–Trinajstić information content (AvgIpc) is 2.55. The van der Waals surface area contributed by atoms with Gasteiger partial charge in [-0.25, -0.2) is 4.79 Å². The van der Waals surface area contributed by atoms with Crippen LogP contribution in [0.25, 0.3) is 0 Å². The van der Waals surface area contributed by atoms with Crippen molar-refractivity contribution in [2.45, 2.75) is 31.3 Å². The fraction of sp³-hybridized carbons (Fsp3) is 0.700. The monoisotopic (exact) mass is 232 g/mol. The third-order valence-electron chi connectivity index (χ3n) is 2.30. The van der Waals surface area contributed by atoms with Crippen molar-refractivity contribution in [1.82, 2.24) is 0 Å². The van der Waals surface area contributed by atoms with E-state index < -0.39 is 30.4 Å². The molecule has 6 heteroatoms. The van der Waals surface area contributed by atoms with E-state index in [0.717, 1.165) is 0 Å². The Hall–Kier alpha value is -0.950. The van der Waals surface area contributed by atoms with E-state index in [9.17, 15) is 20.1 Å². The normalized spacial score (nSPS) is 31.1. The van der Waals surface area contributed by atoms with Crippen molar-refractivity contribution in [2.75, 3.05) is 13.2 Å². The SMILES string of the molecule is C=C(C)C(=O)OC[C@@H](O)[C@H]1OC[C@H](O)[C@H]1O. The summed E-state index contributed by atoms with van der Waals surface area (Å²) in [6, 6.07) is 0. The van der Waals surface area contributed by atoms with Gasteiger partial charge in [0.2, 0.25) is 0 Å². The van der Waals surface area contributed by atoms with Gasteiger partial charge in [-0.3, -0.25) is 0 Å². The van der Waals surface area contributed by atoms with Gasteiger partial charge in [0, 0.05) is 5.57 Å². The van der Waals surface area contributed by atoms with E-state index in [1.54, 1.807) is 0 Å². The highest BCUT2D eigenvalue weighted by Gasteiger charge is 2.39. The minimum atomic E-state index is -1.17. The van der Waals surface area contributed by atoms with Crippen LogP contribution in [0.3, 0.4) is 0 Å². The molecule has 1 aliphatic heterocycles. The van der Waals surface area contributed by atoms with Gasteiger partial charge in [0.05, 0.1) is 6.61 Å². The highest BCUT2D eigenvalue weighted by atomic mass is 16.6. The zero-order valence-corrected chi connectivity index (χ0v) is 9.00. The van der Waals surface area contributed by atoms with E-state index in [2.05, 4.69) is 6.58 Å². The Kier molecular flexibility index (Phi) is 4.43. The maximum Gasteiger partial charge on any atom is 0.333 e. The molecule has 0 unspecified atom stereocenters. The van der Waals surface area contributed by atoms with Gasteiger partial charge in [0.15, 0.2) is 0 Å². The van der Waals surface area contributed by atoms with Crippen molar-refractivity contribution in [1.29, 1.82) is 0 Å². The Morgan fingerprint density at radius 3 is 2.69 bits per heavy atom. The van der Waals surface area contributed by atoms with Crippen molar-refractivity contribution in [2.24, 2.45) is 0 Å². The fourth-order valence-corrected chi connectivity index (χ4v) is 1.34. The van der Waals surface area contributed by atoms with Gasteiger partial charge in [0.25, 0.3) is 0 Å². The van der Waals surface area contributed by atoms with Gasteiger partial charge < -0.3 is 24.8 Å². The van der Waals surface area contributed by atoms with Crippen LogP contribution < -0.4 is 0 Å². The standard InChI is InChI=1S/C10H16O6/c1-5(2)10(14)16-4-7(12)9-8(13)6(11)3-15-9/h6-9,11-13H,1,3-4H2,2H3/t6-,7+,8+,9+/m0/s1. The third-order valence-corrected chi connectivity index (χ3v) is 2.30. The molecule has 1 fully saturated rings. The van der Waals surface area contributed by atoms with E-state index in [4.69, 9.17) is 9.47 Å². The van der Waals surface area contributed by atoms with Gasteiger partial charge in [-0.2, -0.15) is 0 Å². The summed E-state index contributed by atoms with van der Waals surface area (Å²) in [5.74, 6) is -0.618. The van der Waals surface area contributed by atoms with Crippen molar-refractivity contribution in [3.8, 4) is 0 Å². The van der Waals surface area contributed by atoms with Crippen LogP contribution in [0.2, 0.25) is 0 Å². The van der Waals surface area contributed by atoms with Crippen molar-refractivity contribution in [3.63, 3.8) is 0 Å². The number of hydrogen-bond donors (Lipinski definition) is 3. The summed E-state index contributed by atoms with van der Waals surface area (Å²) in [6.45, 7) is 4.52. The molecule has 6 nitrogen and oxygen atoms in total. The lowest BCUT2D eigenvalue weighted by Gasteiger charge is -2.20. The summed E-state index contributed by atoms with van der Waals surface area (Å²) < 4.78 is 9.67. The van der Waals surface area contributed by atoms with E-state index in [1.807, 2.05) is 0 Å². The molecule has 3 N–H and O–H groups in total. The van der Waals surface area contributed by atoms with Crippen LogP contribution in [0.4, 0.5) is 0 Å². The molecule has 1 saturated heterocycles. The first-order chi connectivity index (χ1) is 7.43. The van der Waals surface area contributed by atoms with Crippen LogP contribution in [-0.2, 0) is 14.3 Å². The first-order valence-corrected chi connectivity index (χ1v) is 4.92. The highest BCUT2D eigenvalue weighted by molar-refractivity contribution is 5.86. The largest absolute Gasteiger partial charge is 0.459 e. The van der Waals surface area contributed by atoms with Gasteiger partial charge in [-0.15, -0.1) is 0 Å². The quantitative estimate of drug-likeness (QED) is 0.407. The molecular formula is C10H16O6. The molecule has 0 bridgehead atoms. The second-order valence-electron chi connectivity index (χ2n) is 3.80. The predicted octanol–water partition coefficient (Wildman–Crippen LogP) is -1.41. The summed E-state index contributed by atoms with van der Waals surface area (Å²) in [7, 11) is 0. The minimum Gasteiger partial charge on any atom is -0.459 e. The summed E-state index contributed by atoms with van der Waals surface area (Å²) in [5, 5.41) is 28.1. The molecule has 0 aromatic heterocycles. The molecule has 1 heterocycles. The fourth-order valence-electron chi connectivity index (χ4n) is 1.34. The molecule has 0 spiro atoms. The number of rotatable bonds is 4. The topological polar surface area (TPSA) is 96.2 Å². The number of esters is 1. The number of aliphatic hydroxyl groups excluding tert-OH is 3. The number of ether oxygens (including phenoxy) is 2. The number of hydrogen-bond acceptors (Lipinski definition) is 6. The summed E-state index contributed by atoms with van der Waals surface area (Å²) >= 11 is 0. The Labute approximate surface area is 93.1 Å². The number of aliphatic hydroxyl groups is 3. The van der Waals surface area contributed by atoms with Crippen LogP contribution >= 0.6 is 0 Å². The molecule has 92 valence electrons. The maximum absolute atomic E-state index is 11.0. The zero-order valence-electron chi connectivity index (χ0n) is 9.00. The molecule has 1 rings (SSSR count). The van der Waals surface area contributed by atoms with Crippen LogP contribution in [0.1, 0.15) is 6.92 Å². The van der Waals surface area contributed by atoms with E-state index >= 15 is 0 Å². The Morgan fingerprint density at radius 1 is 1.62 bits per heavy atom. The van der Waals surface area contributed by atoms with Crippen molar-refractivity contribution >= 4 is 5.97 Å². The Morgan fingerprint density at radius 2 is 2.25 bits per heavy atom. The number of carbonyl (C=O) groups excluding carboxylic acids is 1. The second-order valence-corrected chi connectivity index (χ2v) is 3.80. The van der Waals surface area contributed by atoms with Crippen LogP contribution in [0.15, 0.2) is 12.2 Å². The minimum absolute atomic E-state index is 0.0443. The lowest BCUT2D eigenvalue weighted by Crippen LogP contribution is -2.41. The smallest absolute Gasteiger partial charge is 0.333 e. The average molecular weight is 232 g/mol. The molecular weight excluding hydrogens is 216 g/mol. The Bertz CT molecular complexity index is 276. The zero-order chi connectivity index (χ0) is 12.3. The van der Waals surface area contributed by atoms with E-state index in [-0.39, 0.29) is 18.8 Å². The molecule has 0 saturated carbocycles. The van der Waals surface area contributed by atoms with Gasteiger partial charge in [-0.1, -0.05) is 6.58 Å². The maximum atomic E-state index is 11.0. The molecule has 0 aliphatic carbocycles. The summed E-state index contributed by atoms with van der Waals surface area (Å²) in [6.07, 6.45) is -4.29. The molecule has 16 heavy (non-hydrogen) atoms. The van der Waals surface area contributed by atoms with Gasteiger partial charge in [0.1, 0.15) is 31.0 Å². The predicted molar refractivity (Wildman–Crippen MR) is 53.5 cm³/mol. The van der Waals surface area contributed by atoms with E-state index in [0.29, 0.717) is 0 Å². The number of carbonyl (C=O) groups is 1. The highest BCUT2D eigenvalue weighted by Crippen LogP contribution is 2.17. The van der Waals surface area contributed by atoms with Gasteiger partial charge in [-0.05, 0) is 6.92 Å². The van der Waals surface area contributed by atoms with Crippen LogP contribution in [0.5, 0.6) is 0 Å². The summed E-state index contributed by atoms with van der Waals surface area (Å²) in [5.41, 5.74) is 0.222. The molecule has 4 atom stereocenters. The Balaban J connectivity index is 2.38. The molecule has 0 aromatic rings.